The van der Waals surface area contributed by atoms with Crippen LogP contribution in [0.15, 0.2) is 30.3 Å². The Morgan fingerprint density at radius 3 is 2.64 bits per heavy atom. The van der Waals surface area contributed by atoms with Crippen LogP contribution in [-0.4, -0.2) is 17.2 Å². The number of amides is 1. The highest BCUT2D eigenvalue weighted by Gasteiger charge is 2.10. The molecule has 1 aromatic carbocycles. The van der Waals surface area contributed by atoms with E-state index >= 15 is 0 Å². The third-order valence-electron chi connectivity index (χ3n) is 1.74. The minimum absolute atomic E-state index is 0.393. The molecule has 4 heteroatoms. The molecule has 0 saturated heterocycles. The van der Waals surface area contributed by atoms with E-state index in [1.165, 1.54) is 0 Å². The molecule has 0 unspecified atom stereocenters. The summed E-state index contributed by atoms with van der Waals surface area (Å²) in [5, 5.41) is 19.2. The van der Waals surface area contributed by atoms with Gasteiger partial charge in [-0.25, -0.2) is 4.79 Å². The summed E-state index contributed by atoms with van der Waals surface area (Å²) in [6, 6.07) is 10.5. The molecule has 0 aliphatic rings. The molecule has 72 valence electrons. The smallest absolute Gasteiger partial charge is 0.405 e. The molecule has 0 aliphatic heterocycles. The lowest BCUT2D eigenvalue weighted by molar-refractivity contribution is 0.192. The van der Waals surface area contributed by atoms with Crippen LogP contribution in [0, 0.1) is 11.3 Å². The fourth-order valence-electron chi connectivity index (χ4n) is 1.13. The van der Waals surface area contributed by atoms with Crippen molar-refractivity contribution in [3.8, 4) is 6.07 Å². The lowest BCUT2D eigenvalue weighted by Gasteiger charge is -2.07. The van der Waals surface area contributed by atoms with Crippen molar-refractivity contribution in [1.82, 2.24) is 5.32 Å². The van der Waals surface area contributed by atoms with Gasteiger partial charge in [-0.15, -0.1) is 0 Å². The van der Waals surface area contributed by atoms with Gasteiger partial charge >= 0.3 is 6.09 Å². The lowest BCUT2D eigenvalue weighted by Crippen LogP contribution is -2.33. The van der Waals surface area contributed by atoms with Crippen molar-refractivity contribution < 1.29 is 9.90 Å². The number of rotatable bonds is 3. The molecular weight excluding hydrogens is 180 g/mol. The summed E-state index contributed by atoms with van der Waals surface area (Å²) in [4.78, 5) is 10.3. The minimum Gasteiger partial charge on any atom is -0.465 e. The molecule has 1 rings (SSSR count). The molecular formula is C10H10N2O2. The van der Waals surface area contributed by atoms with E-state index in [2.05, 4.69) is 5.32 Å². The van der Waals surface area contributed by atoms with Crippen LogP contribution < -0.4 is 5.32 Å². The fraction of sp³-hybridized carbons (Fsp3) is 0.200. The number of hydrogen-bond acceptors (Lipinski definition) is 2. The van der Waals surface area contributed by atoms with Crippen LogP contribution in [0.4, 0.5) is 4.79 Å². The monoisotopic (exact) mass is 190 g/mol. The molecule has 0 fully saturated rings. The molecule has 0 radical (unpaired) electrons. The van der Waals surface area contributed by atoms with Crippen LogP contribution in [0.25, 0.3) is 0 Å². The molecule has 0 aromatic heterocycles. The van der Waals surface area contributed by atoms with Gasteiger partial charge in [-0.3, -0.25) is 0 Å². The van der Waals surface area contributed by atoms with E-state index in [1.807, 2.05) is 36.4 Å². The zero-order chi connectivity index (χ0) is 10.4. The summed E-state index contributed by atoms with van der Waals surface area (Å²) >= 11 is 0. The first kappa shape index (κ1) is 10.1. The van der Waals surface area contributed by atoms with E-state index < -0.39 is 12.1 Å². The van der Waals surface area contributed by atoms with Gasteiger partial charge in [0.25, 0.3) is 0 Å². The average Bonchev–Trinajstić information content (AvgIpc) is 2.17. The quantitative estimate of drug-likeness (QED) is 0.756. The maximum absolute atomic E-state index is 10.3. The van der Waals surface area contributed by atoms with Crippen molar-refractivity contribution in [3.63, 3.8) is 0 Å². The summed E-state index contributed by atoms with van der Waals surface area (Å²) < 4.78 is 0. The van der Waals surface area contributed by atoms with Crippen molar-refractivity contribution in [2.24, 2.45) is 0 Å². The summed E-state index contributed by atoms with van der Waals surface area (Å²) in [5.41, 5.74) is 0.938. The van der Waals surface area contributed by atoms with Crippen LogP contribution in [0.2, 0.25) is 0 Å². The van der Waals surface area contributed by atoms with E-state index in [1.54, 1.807) is 0 Å². The van der Waals surface area contributed by atoms with E-state index in [-0.39, 0.29) is 0 Å². The third-order valence-corrected chi connectivity index (χ3v) is 1.74. The average molecular weight is 190 g/mol. The normalized spacial score (nSPS) is 11.4. The summed E-state index contributed by atoms with van der Waals surface area (Å²) in [5.74, 6) is 0. The molecule has 0 heterocycles. The van der Waals surface area contributed by atoms with Crippen molar-refractivity contribution in [2.45, 2.75) is 12.5 Å². The van der Waals surface area contributed by atoms with E-state index in [4.69, 9.17) is 10.4 Å². The SMILES string of the molecule is N#C[C@H](Cc1ccccc1)NC(=O)O. The summed E-state index contributed by atoms with van der Waals surface area (Å²) in [6.07, 6.45) is -0.781. The molecule has 14 heavy (non-hydrogen) atoms. The Morgan fingerprint density at radius 1 is 1.50 bits per heavy atom. The van der Waals surface area contributed by atoms with Gasteiger partial charge in [-0.1, -0.05) is 30.3 Å². The Balaban J connectivity index is 2.58. The summed E-state index contributed by atoms with van der Waals surface area (Å²) in [7, 11) is 0. The van der Waals surface area contributed by atoms with Gasteiger partial charge < -0.3 is 10.4 Å². The van der Waals surface area contributed by atoms with Crippen LogP contribution >= 0.6 is 0 Å². The van der Waals surface area contributed by atoms with E-state index in [9.17, 15) is 4.79 Å². The topological polar surface area (TPSA) is 73.1 Å². The molecule has 2 N–H and O–H groups in total. The molecule has 0 saturated carbocycles. The van der Waals surface area contributed by atoms with Gasteiger partial charge in [0.05, 0.1) is 6.07 Å². The van der Waals surface area contributed by atoms with Gasteiger partial charge in [-0.05, 0) is 5.56 Å². The van der Waals surface area contributed by atoms with Gasteiger partial charge in [-0.2, -0.15) is 5.26 Å². The minimum atomic E-state index is -1.17. The number of nitriles is 1. The highest BCUT2D eigenvalue weighted by atomic mass is 16.4. The number of nitrogens with one attached hydrogen (secondary N) is 1. The Bertz CT molecular complexity index is 343. The van der Waals surface area contributed by atoms with Crippen molar-refractivity contribution in [1.29, 1.82) is 5.26 Å². The molecule has 0 spiro atoms. The second-order valence-corrected chi connectivity index (χ2v) is 2.82. The Kier molecular flexibility index (Phi) is 3.50. The molecule has 4 nitrogen and oxygen atoms in total. The largest absolute Gasteiger partial charge is 0.465 e. The van der Waals surface area contributed by atoms with Crippen LogP contribution in [0.3, 0.4) is 0 Å². The number of nitrogens with zero attached hydrogens (tertiary/aromatic N) is 1. The first-order valence-electron chi connectivity index (χ1n) is 4.15. The zero-order valence-electron chi connectivity index (χ0n) is 7.47. The Labute approximate surface area is 81.8 Å². The highest BCUT2D eigenvalue weighted by molar-refractivity contribution is 5.65. The molecule has 1 amide bonds. The zero-order valence-corrected chi connectivity index (χ0v) is 7.47. The van der Waals surface area contributed by atoms with Crippen molar-refractivity contribution >= 4 is 6.09 Å². The highest BCUT2D eigenvalue weighted by Crippen LogP contribution is 2.02. The fourth-order valence-corrected chi connectivity index (χ4v) is 1.13. The first-order valence-corrected chi connectivity index (χ1v) is 4.15. The van der Waals surface area contributed by atoms with Gasteiger partial charge in [0.2, 0.25) is 0 Å². The predicted octanol–water partition coefficient (Wildman–Crippen LogP) is 1.39. The van der Waals surface area contributed by atoms with Gasteiger partial charge in [0, 0.05) is 6.42 Å². The molecule has 1 aromatic rings. The maximum Gasteiger partial charge on any atom is 0.405 e. The molecule has 1 atom stereocenters. The molecule has 0 aliphatic carbocycles. The van der Waals surface area contributed by atoms with Crippen LogP contribution in [0.5, 0.6) is 0 Å². The lowest BCUT2D eigenvalue weighted by atomic mass is 10.1. The van der Waals surface area contributed by atoms with E-state index in [0.29, 0.717) is 6.42 Å². The first-order chi connectivity index (χ1) is 6.72. The van der Waals surface area contributed by atoms with Crippen molar-refractivity contribution in [2.75, 3.05) is 0 Å². The predicted molar refractivity (Wildman–Crippen MR) is 50.7 cm³/mol. The standard InChI is InChI=1S/C10H10N2O2/c11-7-9(12-10(13)14)6-8-4-2-1-3-5-8/h1-5,9,12H,6H2,(H,13,14)/t9-/m0/s1. The Morgan fingerprint density at radius 2 is 2.14 bits per heavy atom. The van der Waals surface area contributed by atoms with Crippen molar-refractivity contribution in [3.05, 3.63) is 35.9 Å². The second-order valence-electron chi connectivity index (χ2n) is 2.82. The van der Waals surface area contributed by atoms with Crippen LogP contribution in [-0.2, 0) is 6.42 Å². The number of hydrogen-bond donors (Lipinski definition) is 2. The van der Waals surface area contributed by atoms with Gasteiger partial charge in [0.15, 0.2) is 0 Å². The third kappa shape index (κ3) is 3.15. The van der Waals surface area contributed by atoms with E-state index in [0.717, 1.165) is 5.56 Å². The second kappa shape index (κ2) is 4.87. The Hall–Kier alpha value is -2.02. The number of carboxylic acid groups (broad SMARTS) is 1. The summed E-state index contributed by atoms with van der Waals surface area (Å²) in [6.45, 7) is 0. The number of benzene rings is 1. The molecule has 0 bridgehead atoms. The maximum atomic E-state index is 10.3. The van der Waals surface area contributed by atoms with Gasteiger partial charge in [0.1, 0.15) is 6.04 Å². The number of carbonyl (C=O) groups is 1. The van der Waals surface area contributed by atoms with Crippen LogP contribution in [0.1, 0.15) is 5.56 Å².